The SMILES string of the molecule is O=S([O-])CN1CCN(c2ccc(OCc3ccccc3)cn2)CC1. The number of pyridine rings is 1. The van der Waals surface area contributed by atoms with Gasteiger partial charge in [0, 0.05) is 26.2 Å². The Kier molecular flexibility index (Phi) is 5.79. The van der Waals surface area contributed by atoms with Crippen LogP contribution in [-0.4, -0.2) is 50.7 Å². The zero-order valence-corrected chi connectivity index (χ0v) is 14.2. The number of hydrogen-bond acceptors (Lipinski definition) is 6. The van der Waals surface area contributed by atoms with Crippen molar-refractivity contribution < 1.29 is 13.5 Å². The molecular weight excluding hydrogens is 326 g/mol. The average molecular weight is 346 g/mol. The molecule has 0 aliphatic carbocycles. The lowest BCUT2D eigenvalue weighted by molar-refractivity contribution is 0.290. The van der Waals surface area contributed by atoms with Gasteiger partial charge < -0.3 is 14.2 Å². The molecule has 2 heterocycles. The molecule has 1 aliphatic heterocycles. The minimum atomic E-state index is -2.02. The van der Waals surface area contributed by atoms with Gasteiger partial charge in [-0.15, -0.1) is 0 Å². The fourth-order valence-electron chi connectivity index (χ4n) is 2.64. The molecule has 0 saturated carbocycles. The molecule has 3 rings (SSSR count). The third-order valence-corrected chi connectivity index (χ3v) is 4.53. The highest BCUT2D eigenvalue weighted by molar-refractivity contribution is 7.79. The van der Waals surface area contributed by atoms with Gasteiger partial charge in [-0.1, -0.05) is 30.3 Å². The summed E-state index contributed by atoms with van der Waals surface area (Å²) in [5, 5.41) is 0. The zero-order valence-electron chi connectivity index (χ0n) is 13.3. The molecule has 0 spiro atoms. The van der Waals surface area contributed by atoms with Crippen LogP contribution in [0, 0.1) is 0 Å². The van der Waals surface area contributed by atoms with Crippen LogP contribution in [0.3, 0.4) is 0 Å². The van der Waals surface area contributed by atoms with E-state index in [4.69, 9.17) is 4.74 Å². The number of ether oxygens (including phenoxy) is 1. The highest BCUT2D eigenvalue weighted by Crippen LogP contribution is 2.18. The summed E-state index contributed by atoms with van der Waals surface area (Å²) in [7, 11) is 0. The molecule has 24 heavy (non-hydrogen) atoms. The summed E-state index contributed by atoms with van der Waals surface area (Å²) >= 11 is -2.02. The molecule has 0 amide bonds. The van der Waals surface area contributed by atoms with Crippen molar-refractivity contribution in [1.29, 1.82) is 0 Å². The highest BCUT2D eigenvalue weighted by atomic mass is 32.2. The van der Waals surface area contributed by atoms with Gasteiger partial charge in [0.05, 0.1) is 12.1 Å². The normalized spacial score (nSPS) is 16.8. The van der Waals surface area contributed by atoms with Gasteiger partial charge in [0.25, 0.3) is 0 Å². The van der Waals surface area contributed by atoms with Crippen molar-refractivity contribution in [2.24, 2.45) is 0 Å². The molecule has 6 nitrogen and oxygen atoms in total. The second kappa shape index (κ2) is 8.23. The van der Waals surface area contributed by atoms with Crippen LogP contribution in [0.25, 0.3) is 0 Å². The fourth-order valence-corrected chi connectivity index (χ4v) is 3.20. The minimum Gasteiger partial charge on any atom is -0.771 e. The Balaban J connectivity index is 1.51. The van der Waals surface area contributed by atoms with E-state index >= 15 is 0 Å². The molecule has 1 aliphatic rings. The number of rotatable bonds is 6. The molecule has 1 unspecified atom stereocenters. The Labute approximate surface area is 144 Å². The van der Waals surface area contributed by atoms with Gasteiger partial charge >= 0.3 is 0 Å². The van der Waals surface area contributed by atoms with Gasteiger partial charge in [-0.25, -0.2) is 4.98 Å². The predicted molar refractivity (Wildman–Crippen MR) is 92.6 cm³/mol. The zero-order chi connectivity index (χ0) is 16.8. The molecule has 1 aromatic carbocycles. The summed E-state index contributed by atoms with van der Waals surface area (Å²) in [6, 6.07) is 13.9. The van der Waals surface area contributed by atoms with Crippen LogP contribution in [0.2, 0.25) is 0 Å². The number of anilines is 1. The summed E-state index contributed by atoms with van der Waals surface area (Å²) in [5.41, 5.74) is 1.12. The van der Waals surface area contributed by atoms with Crippen molar-refractivity contribution in [2.75, 3.05) is 37.0 Å². The van der Waals surface area contributed by atoms with E-state index in [1.807, 2.05) is 47.4 Å². The van der Waals surface area contributed by atoms with Crippen molar-refractivity contribution in [1.82, 2.24) is 9.88 Å². The van der Waals surface area contributed by atoms with Crippen molar-refractivity contribution >= 4 is 16.9 Å². The van der Waals surface area contributed by atoms with E-state index < -0.39 is 11.1 Å². The number of aromatic nitrogens is 1. The largest absolute Gasteiger partial charge is 0.771 e. The maximum atomic E-state index is 10.7. The van der Waals surface area contributed by atoms with E-state index in [2.05, 4.69) is 9.88 Å². The lowest BCUT2D eigenvalue weighted by Crippen LogP contribution is -2.47. The quantitative estimate of drug-likeness (QED) is 0.741. The fraction of sp³-hybridized carbons (Fsp3) is 0.353. The smallest absolute Gasteiger partial charge is 0.138 e. The lowest BCUT2D eigenvalue weighted by atomic mass is 10.2. The summed E-state index contributed by atoms with van der Waals surface area (Å²) in [5.74, 6) is 1.74. The topological polar surface area (TPSA) is 68.7 Å². The van der Waals surface area contributed by atoms with Crippen LogP contribution in [0.5, 0.6) is 5.75 Å². The predicted octanol–water partition coefficient (Wildman–Crippen LogP) is 1.62. The first-order valence-electron chi connectivity index (χ1n) is 7.86. The molecule has 1 aromatic heterocycles. The maximum Gasteiger partial charge on any atom is 0.138 e. The first-order valence-corrected chi connectivity index (χ1v) is 9.11. The van der Waals surface area contributed by atoms with Crippen LogP contribution < -0.4 is 9.64 Å². The molecule has 0 radical (unpaired) electrons. The minimum absolute atomic E-state index is 0.105. The van der Waals surface area contributed by atoms with Crippen LogP contribution in [-0.2, 0) is 17.7 Å². The molecule has 1 atom stereocenters. The molecular formula is C17H20N3O3S-. The van der Waals surface area contributed by atoms with Gasteiger partial charge in [-0.2, -0.15) is 0 Å². The van der Waals surface area contributed by atoms with Gasteiger partial charge in [0.2, 0.25) is 0 Å². The number of nitrogens with zero attached hydrogens (tertiary/aromatic N) is 3. The molecule has 0 bridgehead atoms. The van der Waals surface area contributed by atoms with E-state index in [0.29, 0.717) is 6.61 Å². The van der Waals surface area contributed by atoms with Crippen molar-refractivity contribution in [3.8, 4) is 5.75 Å². The van der Waals surface area contributed by atoms with Crippen LogP contribution >= 0.6 is 0 Å². The Morgan fingerprint density at radius 2 is 1.83 bits per heavy atom. The summed E-state index contributed by atoms with van der Waals surface area (Å²) < 4.78 is 27.2. The monoisotopic (exact) mass is 346 g/mol. The van der Waals surface area contributed by atoms with Crippen molar-refractivity contribution in [3.63, 3.8) is 0 Å². The standard InChI is InChI=1S/C17H21N3O3S/c21-24(22)14-19-8-10-20(11-9-19)17-7-6-16(12-18-17)23-13-15-4-2-1-3-5-15/h1-7,12H,8-11,13-14H2,(H,21,22)/p-1. The molecule has 7 heteroatoms. The maximum absolute atomic E-state index is 10.7. The van der Waals surface area contributed by atoms with E-state index in [1.54, 1.807) is 6.20 Å². The van der Waals surface area contributed by atoms with Crippen molar-refractivity contribution in [3.05, 3.63) is 54.2 Å². The molecule has 0 N–H and O–H groups in total. The van der Waals surface area contributed by atoms with E-state index in [0.717, 1.165) is 43.3 Å². The second-order valence-electron chi connectivity index (χ2n) is 5.66. The van der Waals surface area contributed by atoms with Crippen LogP contribution in [0.1, 0.15) is 5.56 Å². The highest BCUT2D eigenvalue weighted by Gasteiger charge is 2.17. The molecule has 1 saturated heterocycles. The van der Waals surface area contributed by atoms with E-state index in [9.17, 15) is 8.76 Å². The van der Waals surface area contributed by atoms with Crippen LogP contribution in [0.15, 0.2) is 48.7 Å². The van der Waals surface area contributed by atoms with Crippen molar-refractivity contribution in [2.45, 2.75) is 6.61 Å². The van der Waals surface area contributed by atoms with Gasteiger partial charge in [0.1, 0.15) is 18.2 Å². The first-order chi connectivity index (χ1) is 11.7. The number of piperazine rings is 1. The third kappa shape index (κ3) is 4.77. The average Bonchev–Trinajstić information content (AvgIpc) is 2.62. The molecule has 2 aromatic rings. The Morgan fingerprint density at radius 1 is 1.08 bits per heavy atom. The summed E-state index contributed by atoms with van der Waals surface area (Å²) in [4.78, 5) is 8.55. The number of hydrogen-bond donors (Lipinski definition) is 0. The van der Waals surface area contributed by atoms with E-state index in [-0.39, 0.29) is 5.88 Å². The Hall–Kier alpha value is -1.96. The summed E-state index contributed by atoms with van der Waals surface area (Å²) in [6.45, 7) is 3.51. The van der Waals surface area contributed by atoms with Gasteiger partial charge in [-0.3, -0.25) is 9.11 Å². The van der Waals surface area contributed by atoms with Gasteiger partial charge in [0.15, 0.2) is 0 Å². The molecule has 1 fully saturated rings. The number of benzene rings is 1. The first kappa shape index (κ1) is 16.9. The Bertz CT molecular complexity index is 659. The lowest BCUT2D eigenvalue weighted by Gasteiger charge is -2.35. The Morgan fingerprint density at radius 3 is 2.46 bits per heavy atom. The van der Waals surface area contributed by atoms with E-state index in [1.165, 1.54) is 0 Å². The third-order valence-electron chi connectivity index (χ3n) is 3.95. The van der Waals surface area contributed by atoms with Crippen LogP contribution in [0.4, 0.5) is 5.82 Å². The second-order valence-corrected chi connectivity index (χ2v) is 6.53. The molecule has 128 valence electrons. The van der Waals surface area contributed by atoms with Gasteiger partial charge in [-0.05, 0) is 28.8 Å². The summed E-state index contributed by atoms with van der Waals surface area (Å²) in [6.07, 6.45) is 1.73.